The minimum Gasteiger partial charge on any atom is -0.508 e. The van der Waals surface area contributed by atoms with Gasteiger partial charge < -0.3 is 5.11 Å². The molecule has 1 heterocycles. The van der Waals surface area contributed by atoms with Crippen molar-refractivity contribution in [3.8, 4) is 5.75 Å². The van der Waals surface area contributed by atoms with E-state index in [9.17, 15) is 9.90 Å². The highest BCUT2D eigenvalue weighted by Crippen LogP contribution is 2.28. The number of benzene rings is 1. The summed E-state index contributed by atoms with van der Waals surface area (Å²) in [6.45, 7) is 6.75. The van der Waals surface area contributed by atoms with Crippen LogP contribution in [-0.4, -0.2) is 27.9 Å². The molecule has 1 N–H and O–H groups in total. The van der Waals surface area contributed by atoms with Crippen LogP contribution in [0.15, 0.2) is 18.2 Å². The molecular weight excluding hydrogens is 238 g/mol. The number of phenolic OH excluding ortho intramolecular Hbond substituents is 1. The van der Waals surface area contributed by atoms with Gasteiger partial charge in [0.25, 0.3) is 0 Å². The lowest BCUT2D eigenvalue weighted by Crippen LogP contribution is -2.42. The molecule has 0 spiro atoms. The van der Waals surface area contributed by atoms with Gasteiger partial charge in [0.15, 0.2) is 5.78 Å². The van der Waals surface area contributed by atoms with E-state index in [1.165, 1.54) is 19.3 Å². The van der Waals surface area contributed by atoms with Crippen molar-refractivity contribution in [1.82, 2.24) is 4.90 Å². The summed E-state index contributed by atoms with van der Waals surface area (Å²) in [4.78, 5) is 13.9. The van der Waals surface area contributed by atoms with Crippen LogP contribution in [0.5, 0.6) is 5.75 Å². The number of likely N-dealkylation sites (tertiary alicyclic amines) is 1. The Morgan fingerprint density at radius 3 is 2.53 bits per heavy atom. The summed E-state index contributed by atoms with van der Waals surface area (Å²) in [5.74, 6) is 0.330. The number of rotatable bonds is 3. The van der Waals surface area contributed by atoms with Crippen molar-refractivity contribution in [2.75, 3.05) is 0 Å². The van der Waals surface area contributed by atoms with Gasteiger partial charge >= 0.3 is 0 Å². The monoisotopic (exact) mass is 261 g/mol. The Labute approximate surface area is 115 Å². The van der Waals surface area contributed by atoms with E-state index in [4.69, 9.17) is 0 Å². The first-order valence-electron chi connectivity index (χ1n) is 7.07. The fourth-order valence-corrected chi connectivity index (χ4v) is 2.91. The zero-order chi connectivity index (χ0) is 14.0. The van der Waals surface area contributed by atoms with Gasteiger partial charge in [0.2, 0.25) is 0 Å². The average molecular weight is 261 g/mol. The van der Waals surface area contributed by atoms with E-state index < -0.39 is 0 Å². The van der Waals surface area contributed by atoms with Gasteiger partial charge in [0, 0.05) is 29.8 Å². The van der Waals surface area contributed by atoms with Crippen molar-refractivity contribution >= 4 is 5.78 Å². The molecule has 0 amide bonds. The van der Waals surface area contributed by atoms with E-state index in [1.54, 1.807) is 19.1 Å². The number of carbonyl (C=O) groups excluding carboxylic acids is 1. The van der Waals surface area contributed by atoms with Crippen LogP contribution in [0.3, 0.4) is 0 Å². The minimum absolute atomic E-state index is 0.0426. The first kappa shape index (κ1) is 14.1. The molecule has 1 aromatic rings. The predicted octanol–water partition coefficient (Wildman–Crippen LogP) is 3.36. The maximum absolute atomic E-state index is 11.4. The Bertz CT molecular complexity index is 460. The molecule has 1 aliphatic heterocycles. The lowest BCUT2D eigenvalue weighted by Gasteiger charge is -2.39. The molecule has 0 unspecified atom stereocenters. The van der Waals surface area contributed by atoms with Crippen LogP contribution >= 0.6 is 0 Å². The third-order valence-electron chi connectivity index (χ3n) is 4.22. The molecule has 0 bridgehead atoms. The number of nitrogens with zero attached hydrogens (tertiary/aromatic N) is 1. The number of ketones is 1. The lowest BCUT2D eigenvalue weighted by molar-refractivity contribution is 0.0942. The van der Waals surface area contributed by atoms with E-state index in [2.05, 4.69) is 18.7 Å². The highest BCUT2D eigenvalue weighted by molar-refractivity contribution is 5.94. The molecule has 1 fully saturated rings. The fraction of sp³-hybridized carbons (Fsp3) is 0.562. The largest absolute Gasteiger partial charge is 0.508 e. The number of aromatic hydroxyl groups is 1. The van der Waals surface area contributed by atoms with Gasteiger partial charge in [-0.2, -0.15) is 0 Å². The molecule has 1 aliphatic rings. The molecule has 0 saturated carbocycles. The van der Waals surface area contributed by atoms with Gasteiger partial charge in [0.1, 0.15) is 5.75 Å². The summed E-state index contributed by atoms with van der Waals surface area (Å²) in [6.07, 6.45) is 3.69. The minimum atomic E-state index is 0.0426. The maximum Gasteiger partial charge on any atom is 0.159 e. The molecule has 2 atom stereocenters. The zero-order valence-electron chi connectivity index (χ0n) is 12.0. The Balaban J connectivity index is 2.21. The Morgan fingerprint density at radius 1 is 1.32 bits per heavy atom. The van der Waals surface area contributed by atoms with Gasteiger partial charge in [-0.25, -0.2) is 0 Å². The van der Waals surface area contributed by atoms with Gasteiger partial charge in [-0.3, -0.25) is 9.69 Å². The molecule has 1 aromatic carbocycles. The van der Waals surface area contributed by atoms with Crippen molar-refractivity contribution in [2.24, 2.45) is 0 Å². The smallest absolute Gasteiger partial charge is 0.159 e. The summed E-state index contributed by atoms with van der Waals surface area (Å²) in [7, 11) is 0. The zero-order valence-corrected chi connectivity index (χ0v) is 12.0. The van der Waals surface area contributed by atoms with Crippen LogP contribution in [0.4, 0.5) is 0 Å². The first-order valence-corrected chi connectivity index (χ1v) is 7.07. The van der Waals surface area contributed by atoms with Crippen LogP contribution < -0.4 is 0 Å². The van der Waals surface area contributed by atoms with Gasteiger partial charge in [-0.15, -0.1) is 0 Å². The summed E-state index contributed by atoms with van der Waals surface area (Å²) >= 11 is 0. The second-order valence-corrected chi connectivity index (χ2v) is 5.70. The number of hydrogen-bond acceptors (Lipinski definition) is 3. The van der Waals surface area contributed by atoms with E-state index >= 15 is 0 Å². The number of carbonyl (C=O) groups is 1. The van der Waals surface area contributed by atoms with Crippen LogP contribution in [0.25, 0.3) is 0 Å². The summed E-state index contributed by atoms with van der Waals surface area (Å²) in [6, 6.07) is 6.20. The van der Waals surface area contributed by atoms with Crippen LogP contribution in [0.2, 0.25) is 0 Å². The third kappa shape index (κ3) is 3.16. The van der Waals surface area contributed by atoms with E-state index in [0.717, 1.165) is 12.1 Å². The number of hydrogen-bond donors (Lipinski definition) is 1. The molecule has 1 saturated heterocycles. The van der Waals surface area contributed by atoms with Crippen molar-refractivity contribution in [2.45, 2.75) is 58.7 Å². The van der Waals surface area contributed by atoms with Crippen molar-refractivity contribution < 1.29 is 9.90 Å². The number of phenols is 1. The topological polar surface area (TPSA) is 40.5 Å². The summed E-state index contributed by atoms with van der Waals surface area (Å²) in [5.41, 5.74) is 1.53. The summed E-state index contributed by atoms with van der Waals surface area (Å²) < 4.78 is 0. The van der Waals surface area contributed by atoms with Crippen LogP contribution in [0.1, 0.15) is 56.0 Å². The first-order chi connectivity index (χ1) is 8.99. The van der Waals surface area contributed by atoms with E-state index in [-0.39, 0.29) is 11.5 Å². The molecule has 0 radical (unpaired) electrons. The van der Waals surface area contributed by atoms with Crippen LogP contribution in [-0.2, 0) is 6.54 Å². The highest BCUT2D eigenvalue weighted by atomic mass is 16.3. The average Bonchev–Trinajstić information content (AvgIpc) is 2.35. The van der Waals surface area contributed by atoms with Crippen molar-refractivity contribution in [3.05, 3.63) is 29.3 Å². The normalized spacial score (nSPS) is 24.4. The molecule has 2 rings (SSSR count). The Kier molecular flexibility index (Phi) is 4.25. The maximum atomic E-state index is 11.4. The SMILES string of the molecule is CC(=O)c1ccc(O)c(CN2[C@H](C)CCC[C@@H]2C)c1. The van der Waals surface area contributed by atoms with Gasteiger partial charge in [0.05, 0.1) is 0 Å². The summed E-state index contributed by atoms with van der Waals surface area (Å²) in [5, 5.41) is 9.98. The molecule has 0 aliphatic carbocycles. The number of Topliss-reactive ketones (excluding diaryl/α,β-unsaturated/α-hetero) is 1. The molecule has 3 nitrogen and oxygen atoms in total. The third-order valence-corrected chi connectivity index (χ3v) is 4.22. The molecule has 0 aromatic heterocycles. The highest BCUT2D eigenvalue weighted by Gasteiger charge is 2.25. The quantitative estimate of drug-likeness (QED) is 0.848. The second kappa shape index (κ2) is 5.74. The van der Waals surface area contributed by atoms with Crippen molar-refractivity contribution in [3.63, 3.8) is 0 Å². The molecule has 104 valence electrons. The van der Waals surface area contributed by atoms with Crippen molar-refractivity contribution in [1.29, 1.82) is 0 Å². The Morgan fingerprint density at radius 2 is 1.95 bits per heavy atom. The van der Waals surface area contributed by atoms with Gasteiger partial charge in [-0.1, -0.05) is 6.42 Å². The van der Waals surface area contributed by atoms with Gasteiger partial charge in [-0.05, 0) is 51.8 Å². The number of piperidine rings is 1. The standard InChI is InChI=1S/C16H23NO2/c1-11-5-4-6-12(2)17(11)10-15-9-14(13(3)18)7-8-16(15)19/h7-9,11-12,19H,4-6,10H2,1-3H3/t11-,12+. The second-order valence-electron chi connectivity index (χ2n) is 5.70. The Hall–Kier alpha value is -1.35. The molecular formula is C16H23NO2. The fourth-order valence-electron chi connectivity index (χ4n) is 2.91. The predicted molar refractivity (Wildman–Crippen MR) is 76.4 cm³/mol. The van der Waals surface area contributed by atoms with E-state index in [1.807, 2.05) is 6.07 Å². The van der Waals surface area contributed by atoms with Crippen LogP contribution in [0, 0.1) is 0 Å². The lowest BCUT2D eigenvalue weighted by atomic mass is 9.96. The molecule has 19 heavy (non-hydrogen) atoms. The molecule has 3 heteroatoms. The van der Waals surface area contributed by atoms with E-state index in [0.29, 0.717) is 17.6 Å².